The van der Waals surface area contributed by atoms with E-state index in [0.29, 0.717) is 11.6 Å². The third kappa shape index (κ3) is 2.55. The van der Waals surface area contributed by atoms with Gasteiger partial charge in [-0.1, -0.05) is 0 Å². The average molecular weight is 232 g/mol. The van der Waals surface area contributed by atoms with Crippen LogP contribution in [0.3, 0.4) is 0 Å². The number of nitrogens with zero attached hydrogens (tertiary/aromatic N) is 3. The summed E-state index contributed by atoms with van der Waals surface area (Å²) in [5, 5.41) is 0. The van der Waals surface area contributed by atoms with E-state index in [9.17, 15) is 0 Å². The average Bonchev–Trinajstić information content (AvgIpc) is 2.63. The number of hydrogen-bond donors (Lipinski definition) is 1. The van der Waals surface area contributed by atoms with Crippen molar-refractivity contribution < 1.29 is 4.42 Å². The van der Waals surface area contributed by atoms with Gasteiger partial charge in [0.15, 0.2) is 0 Å². The number of anilines is 2. The SMILES string of the molecule is Cc1nc(N)cc(N(C)Cc2ccoc2C)n1. The van der Waals surface area contributed by atoms with Crippen molar-refractivity contribution in [2.75, 3.05) is 17.7 Å². The van der Waals surface area contributed by atoms with Gasteiger partial charge in [0.25, 0.3) is 0 Å². The quantitative estimate of drug-likeness (QED) is 0.875. The van der Waals surface area contributed by atoms with Crippen molar-refractivity contribution in [3.63, 3.8) is 0 Å². The molecular weight excluding hydrogens is 216 g/mol. The van der Waals surface area contributed by atoms with Crippen molar-refractivity contribution in [3.05, 3.63) is 35.5 Å². The maximum Gasteiger partial charge on any atom is 0.134 e. The van der Waals surface area contributed by atoms with E-state index in [4.69, 9.17) is 10.2 Å². The molecule has 0 unspecified atom stereocenters. The highest BCUT2D eigenvalue weighted by molar-refractivity contribution is 5.46. The van der Waals surface area contributed by atoms with Crippen LogP contribution in [0.2, 0.25) is 0 Å². The second-order valence-corrected chi connectivity index (χ2v) is 4.06. The van der Waals surface area contributed by atoms with Gasteiger partial charge in [0.2, 0.25) is 0 Å². The standard InChI is InChI=1S/C12H16N4O/c1-8-10(4-5-17-8)7-16(3)12-6-11(13)14-9(2)15-12/h4-6H,7H2,1-3H3,(H2,13,14,15). The van der Waals surface area contributed by atoms with Crippen LogP contribution in [-0.4, -0.2) is 17.0 Å². The summed E-state index contributed by atoms with van der Waals surface area (Å²) in [4.78, 5) is 10.4. The Morgan fingerprint density at radius 2 is 2.12 bits per heavy atom. The molecule has 17 heavy (non-hydrogen) atoms. The van der Waals surface area contributed by atoms with Crippen LogP contribution in [0.5, 0.6) is 0 Å². The monoisotopic (exact) mass is 232 g/mol. The molecule has 5 nitrogen and oxygen atoms in total. The first-order valence-corrected chi connectivity index (χ1v) is 5.41. The predicted octanol–water partition coefficient (Wildman–Crippen LogP) is 1.91. The van der Waals surface area contributed by atoms with E-state index in [1.165, 1.54) is 0 Å². The van der Waals surface area contributed by atoms with Crippen LogP contribution in [0, 0.1) is 13.8 Å². The number of nitrogens with two attached hydrogens (primary N) is 1. The van der Waals surface area contributed by atoms with Crippen molar-refractivity contribution in [2.45, 2.75) is 20.4 Å². The largest absolute Gasteiger partial charge is 0.469 e. The lowest BCUT2D eigenvalue weighted by atomic mass is 10.2. The third-order valence-electron chi connectivity index (χ3n) is 2.61. The Morgan fingerprint density at radius 3 is 2.71 bits per heavy atom. The van der Waals surface area contributed by atoms with Crippen molar-refractivity contribution in [2.24, 2.45) is 0 Å². The Bertz CT molecular complexity index is 501. The Kier molecular flexibility index (Phi) is 2.99. The van der Waals surface area contributed by atoms with E-state index < -0.39 is 0 Å². The number of furan rings is 1. The summed E-state index contributed by atoms with van der Waals surface area (Å²) in [7, 11) is 1.97. The molecule has 0 aliphatic carbocycles. The van der Waals surface area contributed by atoms with Gasteiger partial charge in [-0.15, -0.1) is 0 Å². The summed E-state index contributed by atoms with van der Waals surface area (Å²) < 4.78 is 5.26. The summed E-state index contributed by atoms with van der Waals surface area (Å²) in [5.41, 5.74) is 6.85. The van der Waals surface area contributed by atoms with Gasteiger partial charge in [-0.3, -0.25) is 0 Å². The molecule has 2 aromatic heterocycles. The third-order valence-corrected chi connectivity index (χ3v) is 2.61. The normalized spacial score (nSPS) is 10.5. The van der Waals surface area contributed by atoms with Gasteiger partial charge >= 0.3 is 0 Å². The molecule has 0 aliphatic rings. The molecule has 0 bridgehead atoms. The molecule has 2 N–H and O–H groups in total. The molecule has 2 aromatic rings. The first kappa shape index (κ1) is 11.4. The summed E-state index contributed by atoms with van der Waals surface area (Å²) in [5.74, 6) is 2.91. The fourth-order valence-electron chi connectivity index (χ4n) is 1.68. The Balaban J connectivity index is 2.20. The molecule has 0 amide bonds. The fraction of sp³-hybridized carbons (Fsp3) is 0.333. The molecule has 0 aromatic carbocycles. The lowest BCUT2D eigenvalue weighted by Gasteiger charge is -2.18. The number of rotatable bonds is 3. The molecule has 0 saturated carbocycles. The van der Waals surface area contributed by atoms with E-state index >= 15 is 0 Å². The molecule has 90 valence electrons. The zero-order chi connectivity index (χ0) is 12.4. The molecule has 0 fully saturated rings. The molecular formula is C12H16N4O. The van der Waals surface area contributed by atoms with Gasteiger partial charge in [-0.25, -0.2) is 9.97 Å². The first-order chi connectivity index (χ1) is 8.06. The highest BCUT2D eigenvalue weighted by Gasteiger charge is 2.08. The maximum absolute atomic E-state index is 5.70. The molecule has 2 heterocycles. The lowest BCUT2D eigenvalue weighted by molar-refractivity contribution is 0.529. The fourth-order valence-corrected chi connectivity index (χ4v) is 1.68. The van der Waals surface area contributed by atoms with Gasteiger partial charge in [-0.05, 0) is 19.9 Å². The van der Waals surface area contributed by atoms with Crippen LogP contribution < -0.4 is 10.6 Å². The van der Waals surface area contributed by atoms with Gasteiger partial charge in [-0.2, -0.15) is 0 Å². The van der Waals surface area contributed by atoms with E-state index in [0.717, 1.165) is 23.7 Å². The van der Waals surface area contributed by atoms with Gasteiger partial charge in [0.1, 0.15) is 23.2 Å². The second kappa shape index (κ2) is 4.45. The highest BCUT2D eigenvalue weighted by atomic mass is 16.3. The smallest absolute Gasteiger partial charge is 0.134 e. The van der Waals surface area contributed by atoms with Crippen LogP contribution in [0.25, 0.3) is 0 Å². The Hall–Kier alpha value is -2.04. The van der Waals surface area contributed by atoms with E-state index in [-0.39, 0.29) is 0 Å². The second-order valence-electron chi connectivity index (χ2n) is 4.06. The van der Waals surface area contributed by atoms with Crippen LogP contribution in [-0.2, 0) is 6.54 Å². The van der Waals surface area contributed by atoms with Crippen molar-refractivity contribution >= 4 is 11.6 Å². The zero-order valence-corrected chi connectivity index (χ0v) is 10.3. The number of aromatic nitrogens is 2. The molecule has 0 atom stereocenters. The molecule has 0 saturated heterocycles. The number of nitrogen functional groups attached to an aromatic ring is 1. The van der Waals surface area contributed by atoms with E-state index in [2.05, 4.69) is 9.97 Å². The van der Waals surface area contributed by atoms with E-state index in [1.54, 1.807) is 12.3 Å². The topological polar surface area (TPSA) is 68.2 Å². The van der Waals surface area contributed by atoms with Crippen LogP contribution in [0.15, 0.2) is 22.8 Å². The Morgan fingerprint density at radius 1 is 1.35 bits per heavy atom. The summed E-state index contributed by atoms with van der Waals surface area (Å²) in [6.07, 6.45) is 1.69. The predicted molar refractivity (Wildman–Crippen MR) is 66.7 cm³/mol. The van der Waals surface area contributed by atoms with Crippen LogP contribution >= 0.6 is 0 Å². The summed E-state index contributed by atoms with van der Waals surface area (Å²) in [6, 6.07) is 3.73. The Labute approximate surface area is 100 Å². The van der Waals surface area contributed by atoms with Crippen LogP contribution in [0.1, 0.15) is 17.1 Å². The number of aryl methyl sites for hydroxylation is 2. The molecule has 0 radical (unpaired) electrons. The molecule has 0 aliphatic heterocycles. The minimum atomic E-state index is 0.489. The molecule has 0 spiro atoms. The highest BCUT2D eigenvalue weighted by Crippen LogP contribution is 2.17. The number of hydrogen-bond acceptors (Lipinski definition) is 5. The van der Waals surface area contributed by atoms with E-state index in [1.807, 2.05) is 31.9 Å². The minimum absolute atomic E-state index is 0.489. The van der Waals surface area contributed by atoms with Crippen molar-refractivity contribution in [1.29, 1.82) is 0 Å². The minimum Gasteiger partial charge on any atom is -0.469 e. The van der Waals surface area contributed by atoms with Gasteiger partial charge in [0.05, 0.1) is 6.26 Å². The lowest BCUT2D eigenvalue weighted by Crippen LogP contribution is -2.18. The van der Waals surface area contributed by atoms with Crippen molar-refractivity contribution in [3.8, 4) is 0 Å². The molecule has 2 rings (SSSR count). The first-order valence-electron chi connectivity index (χ1n) is 5.41. The summed E-state index contributed by atoms with van der Waals surface area (Å²) >= 11 is 0. The van der Waals surface area contributed by atoms with Crippen LogP contribution in [0.4, 0.5) is 11.6 Å². The van der Waals surface area contributed by atoms with Gasteiger partial charge in [0, 0.05) is 25.2 Å². The molecule has 5 heteroatoms. The maximum atomic E-state index is 5.70. The van der Waals surface area contributed by atoms with Crippen molar-refractivity contribution in [1.82, 2.24) is 9.97 Å². The zero-order valence-electron chi connectivity index (χ0n) is 10.3. The summed E-state index contributed by atoms with van der Waals surface area (Å²) in [6.45, 7) is 4.51. The van der Waals surface area contributed by atoms with Gasteiger partial charge < -0.3 is 15.1 Å².